The van der Waals surface area contributed by atoms with Crippen LogP contribution in [0.15, 0.2) is 35.7 Å². The van der Waals surface area contributed by atoms with E-state index in [0.29, 0.717) is 11.7 Å². The van der Waals surface area contributed by atoms with E-state index >= 15 is 0 Å². The van der Waals surface area contributed by atoms with Crippen molar-refractivity contribution in [2.45, 2.75) is 13.8 Å². The summed E-state index contributed by atoms with van der Waals surface area (Å²) in [4.78, 5) is 16.0. The highest BCUT2D eigenvalue weighted by molar-refractivity contribution is 7.13. The maximum atomic E-state index is 11.8. The number of carbonyl (C=O) groups excluding carboxylic acids is 1. The number of nitrogens with zero attached hydrogens (tertiary/aromatic N) is 1. The maximum absolute atomic E-state index is 11.8. The van der Waals surface area contributed by atoms with Gasteiger partial charge in [0.2, 0.25) is 5.91 Å². The predicted molar refractivity (Wildman–Crippen MR) is 82.1 cm³/mol. The van der Waals surface area contributed by atoms with Gasteiger partial charge in [-0.3, -0.25) is 10.1 Å². The topological polar surface area (TPSA) is 51.2 Å². The molecule has 0 unspecified atom stereocenters. The van der Waals surface area contributed by atoms with Crippen molar-refractivity contribution in [2.75, 3.05) is 11.9 Å². The zero-order valence-corrected chi connectivity index (χ0v) is 12.2. The molecule has 1 N–H and O–H groups in total. The molecule has 0 aliphatic carbocycles. The van der Waals surface area contributed by atoms with E-state index in [0.717, 1.165) is 17.0 Å². The van der Waals surface area contributed by atoms with Gasteiger partial charge in [0.25, 0.3) is 0 Å². The Morgan fingerprint density at radius 2 is 2.25 bits per heavy atom. The second-order valence-corrected chi connectivity index (χ2v) is 4.95. The van der Waals surface area contributed by atoms with Gasteiger partial charge in [0, 0.05) is 17.0 Å². The number of hydrogen-bond donors (Lipinski definition) is 1. The maximum Gasteiger partial charge on any atom is 0.250 e. The van der Waals surface area contributed by atoms with Gasteiger partial charge in [0.05, 0.1) is 12.3 Å². The number of anilines is 1. The number of ether oxygens (including phenoxy) is 1. The van der Waals surface area contributed by atoms with Crippen LogP contribution in [0.1, 0.15) is 18.2 Å². The summed E-state index contributed by atoms with van der Waals surface area (Å²) in [5, 5.41) is 5.22. The SMILES string of the molecule is CCOc1ccccc1/C=C/C(=O)Nc1nc(C)cs1. The smallest absolute Gasteiger partial charge is 0.250 e. The van der Waals surface area contributed by atoms with Crippen LogP contribution in [0.3, 0.4) is 0 Å². The lowest BCUT2D eigenvalue weighted by atomic mass is 10.2. The Morgan fingerprint density at radius 3 is 2.95 bits per heavy atom. The number of benzene rings is 1. The Bertz CT molecular complexity index is 620. The third-order valence-electron chi connectivity index (χ3n) is 2.48. The van der Waals surface area contributed by atoms with Crippen molar-refractivity contribution in [3.63, 3.8) is 0 Å². The van der Waals surface area contributed by atoms with E-state index in [9.17, 15) is 4.79 Å². The number of para-hydroxylation sites is 1. The summed E-state index contributed by atoms with van der Waals surface area (Å²) < 4.78 is 5.50. The molecule has 0 saturated carbocycles. The highest BCUT2D eigenvalue weighted by Gasteiger charge is 2.03. The number of amides is 1. The fraction of sp³-hybridized carbons (Fsp3) is 0.200. The molecule has 2 rings (SSSR count). The van der Waals surface area contributed by atoms with Crippen LogP contribution >= 0.6 is 11.3 Å². The number of rotatable bonds is 5. The molecule has 0 aliphatic heterocycles. The lowest BCUT2D eigenvalue weighted by Crippen LogP contribution is -2.07. The third kappa shape index (κ3) is 3.93. The Balaban J connectivity index is 2.03. The minimum Gasteiger partial charge on any atom is -0.493 e. The number of carbonyl (C=O) groups is 1. The quantitative estimate of drug-likeness (QED) is 0.857. The molecule has 0 aliphatic rings. The number of hydrogen-bond acceptors (Lipinski definition) is 4. The lowest BCUT2D eigenvalue weighted by molar-refractivity contribution is -0.111. The van der Waals surface area contributed by atoms with Gasteiger partial charge in [-0.05, 0) is 26.0 Å². The van der Waals surface area contributed by atoms with Gasteiger partial charge >= 0.3 is 0 Å². The molecule has 1 aromatic heterocycles. The highest BCUT2D eigenvalue weighted by atomic mass is 32.1. The van der Waals surface area contributed by atoms with Gasteiger partial charge in [0.1, 0.15) is 5.75 Å². The second-order valence-electron chi connectivity index (χ2n) is 4.09. The minimum atomic E-state index is -0.203. The summed E-state index contributed by atoms with van der Waals surface area (Å²) in [6.45, 7) is 4.41. The molecule has 20 heavy (non-hydrogen) atoms. The number of nitrogens with one attached hydrogen (secondary N) is 1. The van der Waals surface area contributed by atoms with Crippen LogP contribution in [0.4, 0.5) is 5.13 Å². The van der Waals surface area contributed by atoms with E-state index < -0.39 is 0 Å². The summed E-state index contributed by atoms with van der Waals surface area (Å²) in [7, 11) is 0. The summed E-state index contributed by atoms with van der Waals surface area (Å²) in [6.07, 6.45) is 3.22. The zero-order chi connectivity index (χ0) is 14.4. The monoisotopic (exact) mass is 288 g/mol. The average molecular weight is 288 g/mol. The van der Waals surface area contributed by atoms with Gasteiger partial charge in [-0.1, -0.05) is 18.2 Å². The molecule has 1 amide bonds. The first-order valence-electron chi connectivity index (χ1n) is 6.32. The standard InChI is InChI=1S/C15H16N2O2S/c1-3-19-13-7-5-4-6-12(13)8-9-14(18)17-15-16-11(2)10-20-15/h4-10H,3H2,1-2H3,(H,16,17,18)/b9-8+. The largest absolute Gasteiger partial charge is 0.493 e. The molecule has 104 valence electrons. The molecule has 0 fully saturated rings. The Kier molecular flexibility index (Phi) is 4.90. The predicted octanol–water partition coefficient (Wildman–Crippen LogP) is 3.50. The molecule has 1 heterocycles. The van der Waals surface area contributed by atoms with E-state index in [1.807, 2.05) is 43.5 Å². The minimum absolute atomic E-state index is 0.203. The van der Waals surface area contributed by atoms with E-state index in [2.05, 4.69) is 10.3 Å². The molecule has 0 radical (unpaired) electrons. The summed E-state index contributed by atoms with van der Waals surface area (Å²) in [5.41, 5.74) is 1.77. The normalized spacial score (nSPS) is 10.7. The van der Waals surface area contributed by atoms with Gasteiger partial charge in [-0.2, -0.15) is 0 Å². The summed E-state index contributed by atoms with van der Waals surface area (Å²) in [5.74, 6) is 0.565. The average Bonchev–Trinajstić information content (AvgIpc) is 2.83. The molecule has 0 atom stereocenters. The molecule has 0 spiro atoms. The van der Waals surface area contributed by atoms with Crippen LogP contribution in [0.2, 0.25) is 0 Å². The molecule has 1 aromatic carbocycles. The molecule has 4 nitrogen and oxygen atoms in total. The highest BCUT2D eigenvalue weighted by Crippen LogP contribution is 2.19. The molecular weight excluding hydrogens is 272 g/mol. The lowest BCUT2D eigenvalue weighted by Gasteiger charge is -2.06. The van der Waals surface area contributed by atoms with Gasteiger partial charge < -0.3 is 4.74 Å². The molecule has 0 saturated heterocycles. The first-order chi connectivity index (χ1) is 9.69. The van der Waals surface area contributed by atoms with Crippen molar-refractivity contribution in [3.05, 3.63) is 47.0 Å². The van der Waals surface area contributed by atoms with Crippen LogP contribution in [-0.2, 0) is 4.79 Å². The first-order valence-corrected chi connectivity index (χ1v) is 7.20. The van der Waals surface area contributed by atoms with E-state index in [4.69, 9.17) is 4.74 Å². The summed E-state index contributed by atoms with van der Waals surface area (Å²) >= 11 is 1.41. The fourth-order valence-corrected chi connectivity index (χ4v) is 2.32. The van der Waals surface area contributed by atoms with Crippen molar-refractivity contribution in [1.82, 2.24) is 4.98 Å². The van der Waals surface area contributed by atoms with Gasteiger partial charge in [0.15, 0.2) is 5.13 Å². The van der Waals surface area contributed by atoms with Crippen LogP contribution in [0, 0.1) is 6.92 Å². The Labute approximate surface area is 122 Å². The van der Waals surface area contributed by atoms with Crippen molar-refractivity contribution in [3.8, 4) is 5.75 Å². The molecule has 0 bridgehead atoms. The molecular formula is C15H16N2O2S. The van der Waals surface area contributed by atoms with Crippen LogP contribution in [-0.4, -0.2) is 17.5 Å². The fourth-order valence-electron chi connectivity index (χ4n) is 1.63. The Morgan fingerprint density at radius 1 is 1.45 bits per heavy atom. The zero-order valence-electron chi connectivity index (χ0n) is 11.4. The van der Waals surface area contributed by atoms with E-state index in [1.54, 1.807) is 6.08 Å². The molecule has 2 aromatic rings. The van der Waals surface area contributed by atoms with Crippen LogP contribution in [0.25, 0.3) is 6.08 Å². The van der Waals surface area contributed by atoms with Crippen LogP contribution < -0.4 is 10.1 Å². The third-order valence-corrected chi connectivity index (χ3v) is 3.36. The first kappa shape index (κ1) is 14.3. The second kappa shape index (κ2) is 6.86. The van der Waals surface area contributed by atoms with E-state index in [-0.39, 0.29) is 5.91 Å². The Hall–Kier alpha value is -2.14. The van der Waals surface area contributed by atoms with Crippen molar-refractivity contribution in [1.29, 1.82) is 0 Å². The van der Waals surface area contributed by atoms with Crippen molar-refractivity contribution >= 4 is 28.5 Å². The summed E-state index contributed by atoms with van der Waals surface area (Å²) in [6, 6.07) is 7.60. The number of thiazole rings is 1. The van der Waals surface area contributed by atoms with Gasteiger partial charge in [-0.15, -0.1) is 11.3 Å². The molecule has 5 heteroatoms. The van der Waals surface area contributed by atoms with Crippen molar-refractivity contribution < 1.29 is 9.53 Å². The van der Waals surface area contributed by atoms with Gasteiger partial charge in [-0.25, -0.2) is 4.98 Å². The van der Waals surface area contributed by atoms with E-state index in [1.165, 1.54) is 17.4 Å². The van der Waals surface area contributed by atoms with Crippen LogP contribution in [0.5, 0.6) is 5.75 Å². The number of aryl methyl sites for hydroxylation is 1. The van der Waals surface area contributed by atoms with Crippen molar-refractivity contribution in [2.24, 2.45) is 0 Å². The number of aromatic nitrogens is 1.